The molecule has 106 valence electrons. The Balaban J connectivity index is 1.55. The molecule has 2 N–H and O–H groups in total. The molecule has 19 heavy (non-hydrogen) atoms. The number of nitrogens with zero attached hydrogens (tertiary/aromatic N) is 2. The van der Waals surface area contributed by atoms with Crippen molar-refractivity contribution in [2.75, 3.05) is 32.0 Å². The summed E-state index contributed by atoms with van der Waals surface area (Å²) >= 11 is 3.28. The van der Waals surface area contributed by atoms with Gasteiger partial charge in [-0.25, -0.2) is 0 Å². The van der Waals surface area contributed by atoms with Gasteiger partial charge in [0, 0.05) is 25.4 Å². The lowest BCUT2D eigenvalue weighted by molar-refractivity contribution is -0.134. The Morgan fingerprint density at radius 2 is 2.53 bits per heavy atom. The summed E-state index contributed by atoms with van der Waals surface area (Å²) in [5.74, 6) is 0.905. The highest BCUT2D eigenvalue weighted by molar-refractivity contribution is 8.01. The van der Waals surface area contributed by atoms with Crippen LogP contribution in [-0.2, 0) is 9.53 Å². The van der Waals surface area contributed by atoms with Crippen LogP contribution in [0.3, 0.4) is 0 Å². The molecule has 0 aromatic carbocycles. The van der Waals surface area contributed by atoms with E-state index < -0.39 is 0 Å². The van der Waals surface area contributed by atoms with Crippen LogP contribution in [0.5, 0.6) is 0 Å². The van der Waals surface area contributed by atoms with Crippen molar-refractivity contribution >= 4 is 29.0 Å². The van der Waals surface area contributed by atoms with Crippen molar-refractivity contribution in [3.05, 3.63) is 5.01 Å². The third kappa shape index (κ3) is 5.06. The summed E-state index contributed by atoms with van der Waals surface area (Å²) < 4.78 is 6.36. The topological polar surface area (TPSA) is 76.1 Å². The molecule has 1 aliphatic heterocycles. The van der Waals surface area contributed by atoms with E-state index in [-0.39, 0.29) is 12.0 Å². The van der Waals surface area contributed by atoms with Gasteiger partial charge in [0.25, 0.3) is 0 Å². The van der Waals surface area contributed by atoms with Gasteiger partial charge in [-0.2, -0.15) is 0 Å². The molecule has 0 radical (unpaired) electrons. The molecule has 1 amide bonds. The van der Waals surface area contributed by atoms with E-state index in [1.54, 1.807) is 23.1 Å². The first-order valence-electron chi connectivity index (χ1n) is 6.28. The monoisotopic (exact) mass is 302 g/mol. The summed E-state index contributed by atoms with van der Waals surface area (Å²) in [4.78, 5) is 11.7. The molecule has 0 saturated carbocycles. The van der Waals surface area contributed by atoms with Crippen LogP contribution >= 0.6 is 23.1 Å². The molecule has 1 atom stereocenters. The van der Waals surface area contributed by atoms with Gasteiger partial charge in [0.1, 0.15) is 11.1 Å². The van der Waals surface area contributed by atoms with Crippen LogP contribution in [0.15, 0.2) is 4.34 Å². The Labute approximate surface area is 120 Å². The van der Waals surface area contributed by atoms with Gasteiger partial charge in [0.2, 0.25) is 5.91 Å². The van der Waals surface area contributed by atoms with Crippen LogP contribution < -0.4 is 10.6 Å². The highest BCUT2D eigenvalue weighted by atomic mass is 32.2. The first-order chi connectivity index (χ1) is 9.25. The van der Waals surface area contributed by atoms with E-state index in [0.717, 1.165) is 28.1 Å². The van der Waals surface area contributed by atoms with Gasteiger partial charge in [0.15, 0.2) is 4.34 Å². The first-order valence-corrected chi connectivity index (χ1v) is 8.09. The number of amides is 1. The summed E-state index contributed by atoms with van der Waals surface area (Å²) in [6, 6.07) is 0. The molecule has 1 aromatic heterocycles. The Morgan fingerprint density at radius 1 is 1.63 bits per heavy atom. The van der Waals surface area contributed by atoms with Gasteiger partial charge in [-0.15, -0.1) is 10.2 Å². The molecule has 8 heteroatoms. The lowest BCUT2D eigenvalue weighted by Gasteiger charge is -2.22. The summed E-state index contributed by atoms with van der Waals surface area (Å²) in [6.07, 6.45) is 0.571. The Hall–Kier alpha value is -0.700. The molecule has 1 aliphatic rings. The smallest absolute Gasteiger partial charge is 0.250 e. The number of morpholine rings is 1. The van der Waals surface area contributed by atoms with Gasteiger partial charge in [0.05, 0.1) is 6.61 Å². The van der Waals surface area contributed by atoms with E-state index in [0.29, 0.717) is 19.7 Å². The Kier molecular flexibility index (Phi) is 6.02. The second-order valence-corrected chi connectivity index (χ2v) is 6.67. The number of thioether (sulfide) groups is 1. The number of aryl methyl sites for hydroxylation is 1. The molecule has 0 spiro atoms. The summed E-state index contributed by atoms with van der Waals surface area (Å²) in [6.45, 7) is 4.64. The Morgan fingerprint density at radius 3 is 3.21 bits per heavy atom. The van der Waals surface area contributed by atoms with Gasteiger partial charge in [-0.1, -0.05) is 23.1 Å². The number of aromatic nitrogens is 2. The fourth-order valence-corrected chi connectivity index (χ4v) is 3.45. The summed E-state index contributed by atoms with van der Waals surface area (Å²) in [5, 5.41) is 15.0. The van der Waals surface area contributed by atoms with Crippen LogP contribution in [0, 0.1) is 6.92 Å². The fourth-order valence-electron chi connectivity index (χ4n) is 1.63. The van der Waals surface area contributed by atoms with Crippen molar-refractivity contribution in [3.8, 4) is 0 Å². The molecule has 0 bridgehead atoms. The molecule has 6 nitrogen and oxygen atoms in total. The molecule has 2 rings (SSSR count). The minimum atomic E-state index is -0.341. The van der Waals surface area contributed by atoms with E-state index in [9.17, 15) is 4.79 Å². The summed E-state index contributed by atoms with van der Waals surface area (Å²) in [5.41, 5.74) is 0. The van der Waals surface area contributed by atoms with Crippen LogP contribution in [0.2, 0.25) is 0 Å². The molecule has 1 fully saturated rings. The first kappa shape index (κ1) is 14.7. The van der Waals surface area contributed by atoms with Crippen molar-refractivity contribution in [1.29, 1.82) is 0 Å². The van der Waals surface area contributed by atoms with Crippen molar-refractivity contribution in [2.45, 2.75) is 23.8 Å². The van der Waals surface area contributed by atoms with Gasteiger partial charge in [-0.3, -0.25) is 4.79 Å². The predicted molar refractivity (Wildman–Crippen MR) is 75.6 cm³/mol. The van der Waals surface area contributed by atoms with Crippen molar-refractivity contribution in [1.82, 2.24) is 20.8 Å². The Bertz CT molecular complexity index is 407. The molecule has 1 aromatic rings. The fraction of sp³-hybridized carbons (Fsp3) is 0.727. The maximum Gasteiger partial charge on any atom is 0.250 e. The van der Waals surface area contributed by atoms with Crippen LogP contribution in [-0.4, -0.2) is 54.2 Å². The van der Waals surface area contributed by atoms with E-state index in [4.69, 9.17) is 4.74 Å². The molecular weight excluding hydrogens is 284 g/mol. The van der Waals surface area contributed by atoms with Gasteiger partial charge in [-0.05, 0) is 13.3 Å². The van der Waals surface area contributed by atoms with Crippen LogP contribution in [0.4, 0.5) is 0 Å². The average Bonchev–Trinajstić information content (AvgIpc) is 2.85. The maximum atomic E-state index is 11.7. The van der Waals surface area contributed by atoms with E-state index >= 15 is 0 Å². The lowest BCUT2D eigenvalue weighted by atomic mass is 10.3. The number of nitrogens with one attached hydrogen (secondary N) is 2. The molecule has 1 unspecified atom stereocenters. The highest BCUT2D eigenvalue weighted by Crippen LogP contribution is 2.21. The third-order valence-electron chi connectivity index (χ3n) is 2.57. The number of rotatable bonds is 6. The quantitative estimate of drug-likeness (QED) is 0.586. The molecule has 2 heterocycles. The number of hydrogen-bond acceptors (Lipinski definition) is 7. The van der Waals surface area contributed by atoms with Crippen molar-refractivity contribution in [2.24, 2.45) is 0 Å². The number of ether oxygens (including phenoxy) is 1. The minimum absolute atomic E-state index is 0.0241. The number of carbonyl (C=O) groups excluding carboxylic acids is 1. The standard InChI is InChI=1S/C11H18N4O2S2/c1-8-14-15-11(19-8)18-6-2-3-13-10(16)9-7-12-4-5-17-9/h9,12H,2-7H2,1H3,(H,13,16). The predicted octanol–water partition coefficient (Wildman–Crippen LogP) is 0.433. The molecule has 0 aliphatic carbocycles. The largest absolute Gasteiger partial charge is 0.366 e. The van der Waals surface area contributed by atoms with Crippen LogP contribution in [0.1, 0.15) is 11.4 Å². The van der Waals surface area contributed by atoms with E-state index in [1.807, 2.05) is 6.92 Å². The summed E-state index contributed by atoms with van der Waals surface area (Å²) in [7, 11) is 0. The van der Waals surface area contributed by atoms with Crippen molar-refractivity contribution in [3.63, 3.8) is 0 Å². The van der Waals surface area contributed by atoms with E-state index in [1.165, 1.54) is 0 Å². The maximum absolute atomic E-state index is 11.7. The molecular formula is C11H18N4O2S2. The normalized spacial score (nSPS) is 19.3. The van der Waals surface area contributed by atoms with Crippen molar-refractivity contribution < 1.29 is 9.53 Å². The average molecular weight is 302 g/mol. The highest BCUT2D eigenvalue weighted by Gasteiger charge is 2.20. The lowest BCUT2D eigenvalue weighted by Crippen LogP contribution is -2.48. The van der Waals surface area contributed by atoms with Gasteiger partial charge < -0.3 is 15.4 Å². The van der Waals surface area contributed by atoms with Crippen LogP contribution in [0.25, 0.3) is 0 Å². The SMILES string of the molecule is Cc1nnc(SCCCNC(=O)C2CNCCO2)s1. The zero-order valence-electron chi connectivity index (χ0n) is 10.8. The zero-order valence-corrected chi connectivity index (χ0v) is 12.5. The van der Waals surface area contributed by atoms with Gasteiger partial charge >= 0.3 is 0 Å². The second-order valence-electron chi connectivity index (χ2n) is 4.14. The zero-order chi connectivity index (χ0) is 13.5. The number of hydrogen-bond donors (Lipinski definition) is 2. The number of carbonyl (C=O) groups is 1. The third-order valence-corrected chi connectivity index (χ3v) is 4.63. The second kappa shape index (κ2) is 7.78. The minimum Gasteiger partial charge on any atom is -0.366 e. The molecule has 1 saturated heterocycles. The van der Waals surface area contributed by atoms with E-state index in [2.05, 4.69) is 20.8 Å².